The molecule has 1 aromatic rings. The summed E-state index contributed by atoms with van der Waals surface area (Å²) in [4.78, 5) is 0. The molecule has 0 N–H and O–H groups in total. The van der Waals surface area contributed by atoms with Crippen LogP contribution in [0, 0.1) is 11.5 Å². The van der Waals surface area contributed by atoms with Gasteiger partial charge in [-0.25, -0.2) is 0 Å². The van der Waals surface area contributed by atoms with Crippen LogP contribution < -0.4 is 4.74 Å². The molecule has 98 valence electrons. The molecule has 0 atom stereocenters. The zero-order chi connectivity index (χ0) is 13.4. The van der Waals surface area contributed by atoms with Gasteiger partial charge in [-0.15, -0.1) is 5.26 Å². The van der Waals surface area contributed by atoms with E-state index in [4.69, 9.17) is 23.3 Å². The molecule has 0 spiro atoms. The first kappa shape index (κ1) is 14.7. The van der Waals surface area contributed by atoms with Crippen molar-refractivity contribution in [3.63, 3.8) is 0 Å². The Morgan fingerprint density at radius 3 is 2.39 bits per heavy atom. The van der Waals surface area contributed by atoms with Crippen LogP contribution in [0.5, 0.6) is 5.75 Å². The first-order valence-corrected chi connectivity index (χ1v) is 7.43. The maximum atomic E-state index is 8.46. The van der Waals surface area contributed by atoms with Crippen molar-refractivity contribution in [3.05, 3.63) is 29.8 Å². The van der Waals surface area contributed by atoms with Gasteiger partial charge in [-0.1, -0.05) is 12.1 Å². The average molecular weight is 267 g/mol. The van der Waals surface area contributed by atoms with Gasteiger partial charge in [-0.05, 0) is 24.1 Å². The van der Waals surface area contributed by atoms with Gasteiger partial charge in [0.25, 0.3) is 6.26 Å². The number of nitriles is 1. The molecular formula is C12H17NO4Si. The molecule has 0 fully saturated rings. The van der Waals surface area contributed by atoms with E-state index in [1.165, 1.54) is 0 Å². The van der Waals surface area contributed by atoms with Crippen LogP contribution in [0.1, 0.15) is 5.56 Å². The fourth-order valence-corrected chi connectivity index (χ4v) is 3.38. The largest absolute Gasteiger partial charge is 0.500 e. The van der Waals surface area contributed by atoms with E-state index < -0.39 is 8.80 Å². The molecule has 0 aliphatic rings. The molecule has 0 heterocycles. The topological polar surface area (TPSA) is 60.7 Å². The van der Waals surface area contributed by atoms with E-state index in [1.54, 1.807) is 33.7 Å². The van der Waals surface area contributed by atoms with Gasteiger partial charge in [-0.2, -0.15) is 0 Å². The monoisotopic (exact) mass is 267 g/mol. The second-order valence-corrected chi connectivity index (χ2v) is 6.73. The van der Waals surface area contributed by atoms with E-state index in [-0.39, 0.29) is 0 Å². The van der Waals surface area contributed by atoms with Crippen molar-refractivity contribution in [1.29, 1.82) is 5.26 Å². The summed E-state index contributed by atoms with van der Waals surface area (Å²) in [6.45, 7) is 0. The Kier molecular flexibility index (Phi) is 5.81. The lowest BCUT2D eigenvalue weighted by Gasteiger charge is -2.24. The number of ether oxygens (including phenoxy) is 1. The Labute approximate surface area is 108 Å². The molecule has 1 aromatic carbocycles. The summed E-state index contributed by atoms with van der Waals surface area (Å²) in [5, 5.41) is 8.46. The van der Waals surface area contributed by atoms with E-state index in [0.29, 0.717) is 11.8 Å². The molecule has 6 heteroatoms. The average Bonchev–Trinajstić information content (AvgIpc) is 2.42. The second-order valence-electron chi connectivity index (χ2n) is 3.64. The van der Waals surface area contributed by atoms with Crippen LogP contribution in [0.3, 0.4) is 0 Å². The minimum Gasteiger partial charge on any atom is -0.388 e. The van der Waals surface area contributed by atoms with E-state index in [9.17, 15) is 0 Å². The smallest absolute Gasteiger partial charge is 0.388 e. The Hall–Kier alpha value is -1.39. The lowest BCUT2D eigenvalue weighted by atomic mass is 10.2. The summed E-state index contributed by atoms with van der Waals surface area (Å²) in [6, 6.07) is 8.04. The third-order valence-corrected chi connectivity index (χ3v) is 5.44. The summed E-state index contributed by atoms with van der Waals surface area (Å²) >= 11 is 0. The maximum absolute atomic E-state index is 8.46. The van der Waals surface area contributed by atoms with Gasteiger partial charge in [-0.3, -0.25) is 0 Å². The molecule has 0 unspecified atom stereocenters. The van der Waals surface area contributed by atoms with E-state index in [0.717, 1.165) is 12.0 Å². The highest BCUT2D eigenvalue weighted by atomic mass is 28.4. The van der Waals surface area contributed by atoms with Gasteiger partial charge >= 0.3 is 8.80 Å². The van der Waals surface area contributed by atoms with Crippen LogP contribution in [0.4, 0.5) is 0 Å². The van der Waals surface area contributed by atoms with Crippen LogP contribution in [-0.2, 0) is 19.7 Å². The molecule has 0 radical (unpaired) electrons. The minimum atomic E-state index is -2.54. The summed E-state index contributed by atoms with van der Waals surface area (Å²) in [6.07, 6.45) is 2.39. The van der Waals surface area contributed by atoms with E-state index in [2.05, 4.69) is 0 Å². The molecule has 0 amide bonds. The highest BCUT2D eigenvalue weighted by molar-refractivity contribution is 6.60. The zero-order valence-corrected chi connectivity index (χ0v) is 11.8. The number of benzene rings is 1. The Morgan fingerprint density at radius 1 is 1.17 bits per heavy atom. The zero-order valence-electron chi connectivity index (χ0n) is 10.8. The predicted molar refractivity (Wildman–Crippen MR) is 68.0 cm³/mol. The van der Waals surface area contributed by atoms with Crippen molar-refractivity contribution in [2.75, 3.05) is 21.3 Å². The lowest BCUT2D eigenvalue weighted by molar-refractivity contribution is 0.123. The quantitative estimate of drug-likeness (QED) is 0.558. The first-order valence-electron chi connectivity index (χ1n) is 5.50. The van der Waals surface area contributed by atoms with Crippen molar-refractivity contribution in [3.8, 4) is 12.0 Å². The molecule has 1 rings (SSSR count). The third-order valence-electron chi connectivity index (χ3n) is 2.71. The number of aryl methyl sites for hydroxylation is 1. The fraction of sp³-hybridized carbons (Fsp3) is 0.417. The van der Waals surface area contributed by atoms with Crippen molar-refractivity contribution in [1.82, 2.24) is 0 Å². The highest BCUT2D eigenvalue weighted by Gasteiger charge is 2.37. The molecule has 0 aliphatic carbocycles. The Morgan fingerprint density at radius 2 is 1.83 bits per heavy atom. The summed E-state index contributed by atoms with van der Waals surface area (Å²) in [5.41, 5.74) is 1.05. The Bertz CT molecular complexity index is 407. The van der Waals surface area contributed by atoms with Crippen molar-refractivity contribution >= 4 is 8.80 Å². The Balaban J connectivity index is 2.68. The minimum absolute atomic E-state index is 0.537. The number of nitrogens with zero attached hydrogens (tertiary/aromatic N) is 1. The molecule has 0 aliphatic heterocycles. The number of rotatable bonds is 7. The normalized spacial score (nSPS) is 11.0. The summed E-state index contributed by atoms with van der Waals surface area (Å²) in [5.74, 6) is 0.537. The fourth-order valence-electron chi connectivity index (χ4n) is 1.67. The van der Waals surface area contributed by atoms with Crippen LogP contribution in [0.25, 0.3) is 0 Å². The third kappa shape index (κ3) is 3.82. The van der Waals surface area contributed by atoms with Crippen LogP contribution in [0.15, 0.2) is 24.3 Å². The molecule has 18 heavy (non-hydrogen) atoms. The van der Waals surface area contributed by atoms with Crippen molar-refractivity contribution in [2.24, 2.45) is 0 Å². The number of hydrogen-bond donors (Lipinski definition) is 0. The second kappa shape index (κ2) is 7.13. The molecule has 0 aromatic heterocycles. The molecule has 0 saturated heterocycles. The molecule has 0 bridgehead atoms. The van der Waals surface area contributed by atoms with Gasteiger partial charge in [0, 0.05) is 27.4 Å². The lowest BCUT2D eigenvalue weighted by Crippen LogP contribution is -2.43. The van der Waals surface area contributed by atoms with E-state index in [1.807, 2.05) is 18.2 Å². The van der Waals surface area contributed by atoms with Crippen molar-refractivity contribution in [2.45, 2.75) is 12.5 Å². The van der Waals surface area contributed by atoms with Gasteiger partial charge in [0.1, 0.15) is 5.75 Å². The summed E-state index contributed by atoms with van der Waals surface area (Å²) < 4.78 is 20.8. The molecule has 5 nitrogen and oxygen atoms in total. The first-order chi connectivity index (χ1) is 8.69. The van der Waals surface area contributed by atoms with Crippen molar-refractivity contribution < 1.29 is 18.0 Å². The van der Waals surface area contributed by atoms with Crippen LogP contribution in [0.2, 0.25) is 6.04 Å². The SMILES string of the molecule is CO[Si](CCc1cccc(OC#N)c1)(OC)OC. The maximum Gasteiger partial charge on any atom is 0.500 e. The summed E-state index contributed by atoms with van der Waals surface area (Å²) in [7, 11) is 2.23. The van der Waals surface area contributed by atoms with Crippen LogP contribution >= 0.6 is 0 Å². The standard InChI is InChI=1S/C12H17NO4Si/c1-14-18(15-2,16-3)8-7-11-5-4-6-12(9-11)17-10-13/h4-6,9H,7-8H2,1-3H3. The van der Waals surface area contributed by atoms with E-state index >= 15 is 0 Å². The van der Waals surface area contributed by atoms with Gasteiger partial charge < -0.3 is 18.0 Å². The highest BCUT2D eigenvalue weighted by Crippen LogP contribution is 2.19. The molecular weight excluding hydrogens is 250 g/mol. The number of hydrogen-bond acceptors (Lipinski definition) is 5. The van der Waals surface area contributed by atoms with Gasteiger partial charge in [0.2, 0.25) is 0 Å². The van der Waals surface area contributed by atoms with Gasteiger partial charge in [0.15, 0.2) is 0 Å². The molecule has 0 saturated carbocycles. The van der Waals surface area contributed by atoms with Crippen LogP contribution in [-0.4, -0.2) is 30.1 Å². The predicted octanol–water partition coefficient (Wildman–Crippen LogP) is 1.97. The van der Waals surface area contributed by atoms with Gasteiger partial charge in [0.05, 0.1) is 0 Å².